The maximum atomic E-state index is 11.8. The fourth-order valence-corrected chi connectivity index (χ4v) is 1.99. The van der Waals surface area contributed by atoms with Gasteiger partial charge < -0.3 is 10.6 Å². The van der Waals surface area contributed by atoms with E-state index < -0.39 is 0 Å². The van der Waals surface area contributed by atoms with E-state index in [9.17, 15) is 4.79 Å². The lowest BCUT2D eigenvalue weighted by Crippen LogP contribution is -2.44. The Morgan fingerprint density at radius 1 is 1.42 bits per heavy atom. The molecule has 0 saturated heterocycles. The molecule has 6 heteroatoms. The van der Waals surface area contributed by atoms with Gasteiger partial charge in [-0.05, 0) is 34.6 Å². The first-order chi connectivity index (χ1) is 8.86. The molecule has 0 bridgehead atoms. The highest BCUT2D eigenvalue weighted by Crippen LogP contribution is 2.20. The number of nitrogens with zero attached hydrogens (tertiary/aromatic N) is 2. The highest BCUT2D eigenvalue weighted by molar-refractivity contribution is 6.31. The van der Waals surface area contributed by atoms with Crippen LogP contribution in [0.15, 0.2) is 0 Å². The average Bonchev–Trinajstić information content (AvgIpc) is 2.61. The number of hydrogen-bond acceptors (Lipinski definition) is 3. The molecule has 0 radical (unpaired) electrons. The van der Waals surface area contributed by atoms with Crippen molar-refractivity contribution in [1.82, 2.24) is 20.4 Å². The number of halogens is 1. The zero-order chi connectivity index (χ0) is 14.6. The van der Waals surface area contributed by atoms with E-state index in [1.807, 2.05) is 39.3 Å². The molecule has 0 spiro atoms. The van der Waals surface area contributed by atoms with E-state index >= 15 is 0 Å². The Morgan fingerprint density at radius 3 is 2.58 bits per heavy atom. The summed E-state index contributed by atoms with van der Waals surface area (Å²) in [5.74, 6) is -0.00888. The first-order valence-electron chi connectivity index (χ1n) is 6.62. The van der Waals surface area contributed by atoms with Crippen molar-refractivity contribution in [2.75, 3.05) is 0 Å². The van der Waals surface area contributed by atoms with Crippen molar-refractivity contribution in [3.63, 3.8) is 0 Å². The number of aromatic nitrogens is 2. The van der Waals surface area contributed by atoms with Crippen molar-refractivity contribution in [3.05, 3.63) is 16.4 Å². The Hall–Kier alpha value is -1.07. The van der Waals surface area contributed by atoms with Gasteiger partial charge in [-0.1, -0.05) is 11.6 Å². The van der Waals surface area contributed by atoms with Gasteiger partial charge in [0.05, 0.1) is 22.5 Å². The van der Waals surface area contributed by atoms with Crippen LogP contribution in [0.5, 0.6) is 0 Å². The molecule has 0 fully saturated rings. The van der Waals surface area contributed by atoms with Crippen LogP contribution in [0.2, 0.25) is 5.02 Å². The average molecular weight is 287 g/mol. The summed E-state index contributed by atoms with van der Waals surface area (Å²) >= 11 is 6.22. The number of nitrogens with one attached hydrogen (secondary N) is 2. The first kappa shape index (κ1) is 16.0. The van der Waals surface area contributed by atoms with Crippen LogP contribution in [0.4, 0.5) is 0 Å². The lowest BCUT2D eigenvalue weighted by molar-refractivity contribution is -0.123. The van der Waals surface area contributed by atoms with Gasteiger partial charge in [0.2, 0.25) is 5.91 Å². The summed E-state index contributed by atoms with van der Waals surface area (Å²) in [5.41, 5.74) is 1.74. The Morgan fingerprint density at radius 2 is 2.05 bits per heavy atom. The van der Waals surface area contributed by atoms with Gasteiger partial charge in [-0.2, -0.15) is 5.10 Å². The van der Waals surface area contributed by atoms with Crippen molar-refractivity contribution in [3.8, 4) is 0 Å². The number of carbonyl (C=O) groups is 1. The van der Waals surface area contributed by atoms with Gasteiger partial charge in [0.25, 0.3) is 0 Å². The molecule has 0 aliphatic rings. The number of aryl methyl sites for hydroxylation is 2. The fourth-order valence-electron chi connectivity index (χ4n) is 1.79. The van der Waals surface area contributed by atoms with Crippen molar-refractivity contribution in [2.45, 2.75) is 59.8 Å². The molecule has 1 amide bonds. The quantitative estimate of drug-likeness (QED) is 0.839. The monoisotopic (exact) mass is 286 g/mol. The predicted molar refractivity (Wildman–Crippen MR) is 77.2 cm³/mol. The van der Waals surface area contributed by atoms with E-state index in [4.69, 9.17) is 11.6 Å². The van der Waals surface area contributed by atoms with E-state index in [-0.39, 0.29) is 18.0 Å². The highest BCUT2D eigenvalue weighted by Gasteiger charge is 2.16. The minimum atomic E-state index is -0.265. The molecule has 0 aliphatic heterocycles. The predicted octanol–water partition coefficient (Wildman–Crippen LogP) is 1.87. The summed E-state index contributed by atoms with van der Waals surface area (Å²) in [6, 6.07) is -0.122. The summed E-state index contributed by atoms with van der Waals surface area (Å²) in [5, 5.41) is 11.1. The molecular weight excluding hydrogens is 264 g/mol. The topological polar surface area (TPSA) is 59.0 Å². The zero-order valence-corrected chi connectivity index (χ0v) is 13.0. The van der Waals surface area contributed by atoms with Crippen molar-refractivity contribution >= 4 is 17.5 Å². The molecule has 1 unspecified atom stereocenters. The largest absolute Gasteiger partial charge is 0.353 e. The van der Waals surface area contributed by atoms with Crippen LogP contribution in [-0.4, -0.2) is 27.8 Å². The molecule has 0 aromatic carbocycles. The second-order valence-electron chi connectivity index (χ2n) is 4.93. The molecule has 0 aliphatic carbocycles. The molecule has 1 atom stereocenters. The van der Waals surface area contributed by atoms with Crippen LogP contribution < -0.4 is 10.6 Å². The number of rotatable bonds is 6. The molecule has 1 rings (SSSR count). The number of amides is 1. The van der Waals surface area contributed by atoms with Crippen LogP contribution in [0.3, 0.4) is 0 Å². The first-order valence-corrected chi connectivity index (χ1v) is 7.00. The third-order valence-corrected chi connectivity index (χ3v) is 3.34. The second kappa shape index (κ2) is 6.91. The van der Waals surface area contributed by atoms with Gasteiger partial charge in [0.15, 0.2) is 0 Å². The Labute approximate surface area is 119 Å². The third-order valence-electron chi connectivity index (χ3n) is 2.85. The van der Waals surface area contributed by atoms with Crippen LogP contribution in [0.25, 0.3) is 0 Å². The normalized spacial score (nSPS) is 12.8. The SMILES string of the molecule is CCn1nc(C)c(Cl)c1CNC(C)C(=O)NC(C)C. The molecular formula is C13H23ClN4O. The maximum absolute atomic E-state index is 11.8. The highest BCUT2D eigenvalue weighted by atomic mass is 35.5. The van der Waals surface area contributed by atoms with Crippen LogP contribution in [0, 0.1) is 6.92 Å². The molecule has 108 valence electrons. The van der Waals surface area contributed by atoms with Crippen molar-refractivity contribution in [2.24, 2.45) is 0 Å². The smallest absolute Gasteiger partial charge is 0.237 e. The Balaban J connectivity index is 2.64. The summed E-state index contributed by atoms with van der Waals surface area (Å²) in [6.45, 7) is 10.9. The molecule has 19 heavy (non-hydrogen) atoms. The zero-order valence-electron chi connectivity index (χ0n) is 12.2. The minimum absolute atomic E-state index is 0.00888. The van der Waals surface area contributed by atoms with Crippen LogP contribution >= 0.6 is 11.6 Å². The van der Waals surface area contributed by atoms with Gasteiger partial charge in [-0.3, -0.25) is 9.48 Å². The fraction of sp³-hybridized carbons (Fsp3) is 0.692. The number of hydrogen-bond donors (Lipinski definition) is 2. The van der Waals surface area contributed by atoms with Crippen LogP contribution in [0.1, 0.15) is 39.1 Å². The number of carbonyl (C=O) groups excluding carboxylic acids is 1. The van der Waals surface area contributed by atoms with E-state index in [1.165, 1.54) is 0 Å². The molecule has 1 heterocycles. The van der Waals surface area contributed by atoms with E-state index in [0.717, 1.165) is 17.9 Å². The maximum Gasteiger partial charge on any atom is 0.237 e. The Kier molecular flexibility index (Phi) is 5.82. The van der Waals surface area contributed by atoms with E-state index in [0.29, 0.717) is 11.6 Å². The molecule has 2 N–H and O–H groups in total. The van der Waals surface area contributed by atoms with E-state index in [2.05, 4.69) is 15.7 Å². The minimum Gasteiger partial charge on any atom is -0.353 e. The lowest BCUT2D eigenvalue weighted by Gasteiger charge is -2.16. The van der Waals surface area contributed by atoms with Gasteiger partial charge >= 0.3 is 0 Å². The van der Waals surface area contributed by atoms with Gasteiger partial charge in [-0.25, -0.2) is 0 Å². The van der Waals surface area contributed by atoms with Gasteiger partial charge in [-0.15, -0.1) is 0 Å². The summed E-state index contributed by atoms with van der Waals surface area (Å²) in [6.07, 6.45) is 0. The second-order valence-corrected chi connectivity index (χ2v) is 5.31. The van der Waals surface area contributed by atoms with Crippen molar-refractivity contribution in [1.29, 1.82) is 0 Å². The lowest BCUT2D eigenvalue weighted by atomic mass is 10.2. The summed E-state index contributed by atoms with van der Waals surface area (Å²) in [4.78, 5) is 11.8. The molecule has 0 saturated carbocycles. The third kappa shape index (κ3) is 4.21. The molecule has 1 aromatic rings. The van der Waals surface area contributed by atoms with Gasteiger partial charge in [0.1, 0.15) is 0 Å². The Bertz CT molecular complexity index is 442. The molecule has 5 nitrogen and oxygen atoms in total. The standard InChI is InChI=1S/C13H23ClN4O/c1-6-18-11(12(14)9(4)17-18)7-15-10(5)13(19)16-8(2)3/h8,10,15H,6-7H2,1-5H3,(H,16,19). The van der Waals surface area contributed by atoms with Gasteiger partial charge in [0, 0.05) is 19.1 Å². The van der Waals surface area contributed by atoms with Crippen LogP contribution in [-0.2, 0) is 17.9 Å². The summed E-state index contributed by atoms with van der Waals surface area (Å²) < 4.78 is 1.86. The molecule has 1 aromatic heterocycles. The van der Waals surface area contributed by atoms with E-state index in [1.54, 1.807) is 0 Å². The van der Waals surface area contributed by atoms with Crippen molar-refractivity contribution < 1.29 is 4.79 Å². The summed E-state index contributed by atoms with van der Waals surface area (Å²) in [7, 11) is 0.